The fraction of sp³-hybridized carbons (Fsp3) is 0.750. The molecule has 0 aliphatic heterocycles. The molecule has 1 atom stereocenters. The van der Waals surface area contributed by atoms with E-state index < -0.39 is 6.10 Å². The summed E-state index contributed by atoms with van der Waals surface area (Å²) in [4.78, 5) is 38.0. The minimum absolute atomic E-state index is 0.0757. The highest BCUT2D eigenvalue weighted by Gasteiger charge is 2.19. The topological polar surface area (TPSA) is 78.9 Å². The predicted octanol–water partition coefficient (Wildman–Crippen LogP) is 21.5. The zero-order valence-electron chi connectivity index (χ0n) is 48.8. The van der Waals surface area contributed by atoms with Crippen molar-refractivity contribution in [1.82, 2.24) is 0 Å². The van der Waals surface area contributed by atoms with E-state index in [1.165, 1.54) is 173 Å². The minimum Gasteiger partial charge on any atom is -0.462 e. The third kappa shape index (κ3) is 59.5. The van der Waals surface area contributed by atoms with Gasteiger partial charge in [0.05, 0.1) is 0 Å². The smallest absolute Gasteiger partial charge is 0.306 e. The lowest BCUT2D eigenvalue weighted by Crippen LogP contribution is -2.30. The Labute approximate surface area is 458 Å². The molecule has 0 bridgehead atoms. The Bertz CT molecular complexity index is 1420. The van der Waals surface area contributed by atoms with E-state index in [9.17, 15) is 14.4 Å². The van der Waals surface area contributed by atoms with Gasteiger partial charge < -0.3 is 14.2 Å². The van der Waals surface area contributed by atoms with Crippen LogP contribution in [-0.4, -0.2) is 37.2 Å². The molecule has 0 rings (SSSR count). The summed E-state index contributed by atoms with van der Waals surface area (Å²) in [5.41, 5.74) is 0. The van der Waals surface area contributed by atoms with Crippen LogP contribution in [0.3, 0.4) is 0 Å². The molecule has 0 saturated carbocycles. The first-order valence-corrected chi connectivity index (χ1v) is 31.6. The van der Waals surface area contributed by atoms with Crippen molar-refractivity contribution >= 4 is 17.9 Å². The van der Waals surface area contributed by atoms with Gasteiger partial charge in [-0.15, -0.1) is 0 Å². The van der Waals surface area contributed by atoms with Gasteiger partial charge in [0.2, 0.25) is 0 Å². The number of ether oxygens (including phenoxy) is 3. The third-order valence-electron chi connectivity index (χ3n) is 13.6. The first kappa shape index (κ1) is 70.6. The molecular weight excluding hydrogens is 913 g/mol. The second-order valence-electron chi connectivity index (χ2n) is 20.9. The zero-order chi connectivity index (χ0) is 53.6. The molecule has 0 aromatic heterocycles. The summed E-state index contributed by atoms with van der Waals surface area (Å²) >= 11 is 0. The van der Waals surface area contributed by atoms with Crippen molar-refractivity contribution in [3.8, 4) is 0 Å². The molecular formula is C68H118O6. The highest BCUT2D eigenvalue weighted by atomic mass is 16.6. The lowest BCUT2D eigenvalue weighted by atomic mass is 10.0. The van der Waals surface area contributed by atoms with E-state index in [1.807, 2.05) is 0 Å². The summed E-state index contributed by atoms with van der Waals surface area (Å²) in [6.07, 6.45) is 81.9. The summed E-state index contributed by atoms with van der Waals surface area (Å²) in [6.45, 7) is 6.50. The van der Waals surface area contributed by atoms with Crippen molar-refractivity contribution in [1.29, 1.82) is 0 Å². The lowest BCUT2D eigenvalue weighted by molar-refractivity contribution is -0.167. The number of hydrogen-bond donors (Lipinski definition) is 0. The summed E-state index contributed by atoms with van der Waals surface area (Å²) in [5, 5.41) is 0. The fourth-order valence-electron chi connectivity index (χ4n) is 8.91. The van der Waals surface area contributed by atoms with Crippen LogP contribution >= 0.6 is 0 Å². The van der Waals surface area contributed by atoms with Crippen LogP contribution in [0, 0.1) is 0 Å². The highest BCUT2D eigenvalue weighted by Crippen LogP contribution is 2.16. The SMILES string of the molecule is CC/C=C\C/C=C\C/C=C\C/C=C\C/C=C\C/C=C\CCCCCCCCCCCCCCC(=O)OCC(COC(=O)CCCCCCCCC)OC(=O)CCCCCCCCC/C=C\CCCCCCCCC. The van der Waals surface area contributed by atoms with Gasteiger partial charge in [-0.1, -0.05) is 279 Å². The van der Waals surface area contributed by atoms with E-state index in [1.54, 1.807) is 0 Å². The quantitative estimate of drug-likeness (QED) is 0.0261. The molecule has 0 aromatic rings. The number of carbonyl (C=O) groups excluding carboxylic acids is 3. The Morgan fingerprint density at radius 1 is 0.284 bits per heavy atom. The maximum atomic E-state index is 12.8. The van der Waals surface area contributed by atoms with E-state index in [-0.39, 0.29) is 31.1 Å². The Hall–Kier alpha value is -3.41. The predicted molar refractivity (Wildman–Crippen MR) is 321 cm³/mol. The molecule has 0 spiro atoms. The van der Waals surface area contributed by atoms with Crippen molar-refractivity contribution < 1.29 is 28.6 Å². The molecule has 426 valence electrons. The van der Waals surface area contributed by atoms with Crippen LogP contribution in [0.15, 0.2) is 85.1 Å². The number of esters is 3. The van der Waals surface area contributed by atoms with Gasteiger partial charge >= 0.3 is 17.9 Å². The molecule has 0 amide bonds. The van der Waals surface area contributed by atoms with Crippen LogP contribution in [-0.2, 0) is 28.6 Å². The highest BCUT2D eigenvalue weighted by molar-refractivity contribution is 5.71. The number of carbonyl (C=O) groups is 3. The Morgan fingerprint density at radius 3 is 0.838 bits per heavy atom. The Kier molecular flexibility index (Phi) is 59.3. The molecule has 0 aliphatic carbocycles. The molecule has 0 aromatic carbocycles. The molecule has 0 radical (unpaired) electrons. The van der Waals surface area contributed by atoms with Gasteiger partial charge in [-0.05, 0) is 96.3 Å². The first-order valence-electron chi connectivity index (χ1n) is 31.6. The second-order valence-corrected chi connectivity index (χ2v) is 20.9. The molecule has 1 unspecified atom stereocenters. The van der Waals surface area contributed by atoms with E-state index in [0.717, 1.165) is 96.3 Å². The normalized spacial score (nSPS) is 12.6. The second kappa shape index (κ2) is 62.1. The van der Waals surface area contributed by atoms with Gasteiger partial charge in [0, 0.05) is 19.3 Å². The van der Waals surface area contributed by atoms with Crippen molar-refractivity contribution in [3.05, 3.63) is 85.1 Å². The fourth-order valence-corrected chi connectivity index (χ4v) is 8.91. The van der Waals surface area contributed by atoms with Gasteiger partial charge in [-0.2, -0.15) is 0 Å². The van der Waals surface area contributed by atoms with Crippen LogP contribution < -0.4 is 0 Å². The summed E-state index contributed by atoms with van der Waals surface area (Å²) in [7, 11) is 0. The van der Waals surface area contributed by atoms with Gasteiger partial charge in [-0.25, -0.2) is 0 Å². The standard InChI is InChI=1S/C68H118O6/c1-4-7-10-13-16-18-20-22-24-26-28-29-30-31-32-33-34-35-36-37-38-39-40-42-43-45-47-49-52-55-58-61-67(70)73-64-65(63-72-66(69)60-57-54-51-15-12-9-6-3)74-68(71)62-59-56-53-50-48-46-44-41-27-25-23-21-19-17-14-11-8-5-2/h7,10,16,18,22,24-25,27-29,31-32,34-35,65H,4-6,8-9,11-15,17,19-21,23,26,30,33,36-64H2,1-3H3/b10-7-,18-16-,24-22-,27-25-,29-28-,32-31-,35-34-. The summed E-state index contributed by atoms with van der Waals surface area (Å²) in [5.74, 6) is -0.878. The van der Waals surface area contributed by atoms with Crippen molar-refractivity contribution in [2.45, 2.75) is 316 Å². The average molecular weight is 1030 g/mol. The van der Waals surface area contributed by atoms with Crippen LogP contribution in [0.25, 0.3) is 0 Å². The lowest BCUT2D eigenvalue weighted by Gasteiger charge is -2.18. The molecule has 0 heterocycles. The summed E-state index contributed by atoms with van der Waals surface area (Å²) < 4.78 is 16.8. The molecule has 0 saturated heterocycles. The van der Waals surface area contributed by atoms with E-state index in [4.69, 9.17) is 14.2 Å². The van der Waals surface area contributed by atoms with Crippen LogP contribution in [0.4, 0.5) is 0 Å². The third-order valence-corrected chi connectivity index (χ3v) is 13.6. The first-order chi connectivity index (χ1) is 36.5. The average Bonchev–Trinajstić information content (AvgIpc) is 3.40. The number of unbranched alkanes of at least 4 members (excludes halogenated alkanes) is 32. The molecule has 6 heteroatoms. The molecule has 74 heavy (non-hydrogen) atoms. The molecule has 0 fully saturated rings. The van der Waals surface area contributed by atoms with E-state index in [0.29, 0.717) is 19.3 Å². The number of allylic oxidation sites excluding steroid dienone is 14. The van der Waals surface area contributed by atoms with Gasteiger partial charge in [0.1, 0.15) is 13.2 Å². The number of hydrogen-bond acceptors (Lipinski definition) is 6. The molecule has 6 nitrogen and oxygen atoms in total. The van der Waals surface area contributed by atoms with Gasteiger partial charge in [-0.3, -0.25) is 14.4 Å². The van der Waals surface area contributed by atoms with Crippen molar-refractivity contribution in [3.63, 3.8) is 0 Å². The number of rotatable bonds is 57. The van der Waals surface area contributed by atoms with Gasteiger partial charge in [0.15, 0.2) is 6.10 Å². The Morgan fingerprint density at radius 2 is 0.527 bits per heavy atom. The van der Waals surface area contributed by atoms with Crippen LogP contribution in [0.2, 0.25) is 0 Å². The van der Waals surface area contributed by atoms with E-state index in [2.05, 4.69) is 106 Å². The van der Waals surface area contributed by atoms with Crippen LogP contribution in [0.1, 0.15) is 310 Å². The Balaban J connectivity index is 4.10. The van der Waals surface area contributed by atoms with Crippen molar-refractivity contribution in [2.75, 3.05) is 13.2 Å². The van der Waals surface area contributed by atoms with E-state index >= 15 is 0 Å². The molecule has 0 N–H and O–H groups in total. The maximum Gasteiger partial charge on any atom is 0.306 e. The largest absolute Gasteiger partial charge is 0.462 e. The van der Waals surface area contributed by atoms with Gasteiger partial charge in [0.25, 0.3) is 0 Å². The van der Waals surface area contributed by atoms with Crippen molar-refractivity contribution in [2.24, 2.45) is 0 Å². The maximum absolute atomic E-state index is 12.8. The summed E-state index contributed by atoms with van der Waals surface area (Å²) in [6, 6.07) is 0. The molecule has 0 aliphatic rings. The zero-order valence-corrected chi connectivity index (χ0v) is 48.8. The minimum atomic E-state index is -0.776. The van der Waals surface area contributed by atoms with Crippen LogP contribution in [0.5, 0.6) is 0 Å². The monoisotopic (exact) mass is 1030 g/mol.